The minimum Gasteiger partial charge on any atom is -0.493 e. The molecule has 32 heavy (non-hydrogen) atoms. The maximum Gasteiger partial charge on any atom is 0.422 e. The van der Waals surface area contributed by atoms with Crippen molar-refractivity contribution in [1.82, 2.24) is 0 Å². The molecule has 1 N–H and O–H groups in total. The molecule has 3 aromatic rings. The van der Waals surface area contributed by atoms with Crippen LogP contribution in [0.3, 0.4) is 0 Å². The van der Waals surface area contributed by atoms with Gasteiger partial charge in [0, 0.05) is 17.7 Å². The first kappa shape index (κ1) is 22.0. The summed E-state index contributed by atoms with van der Waals surface area (Å²) in [6.07, 6.45) is -2.23. The molecule has 0 bridgehead atoms. The Morgan fingerprint density at radius 2 is 1.94 bits per heavy atom. The number of nitrogens with zero attached hydrogens (tertiary/aromatic N) is 2. The number of fused-ring (bicyclic) bond motifs is 2. The van der Waals surface area contributed by atoms with Gasteiger partial charge in [0.15, 0.2) is 11.8 Å². The van der Waals surface area contributed by atoms with Crippen LogP contribution in [0, 0.1) is 0 Å². The Kier molecular flexibility index (Phi) is 5.73. The molecule has 0 aliphatic carbocycles. The molecular formula is C24H22F3N2O3+. The summed E-state index contributed by atoms with van der Waals surface area (Å²) in [6, 6.07) is 13.5. The van der Waals surface area contributed by atoms with Crippen LogP contribution in [0.25, 0.3) is 10.8 Å². The van der Waals surface area contributed by atoms with E-state index in [0.717, 1.165) is 0 Å². The van der Waals surface area contributed by atoms with E-state index < -0.39 is 24.1 Å². The Morgan fingerprint density at radius 1 is 1.16 bits per heavy atom. The van der Waals surface area contributed by atoms with Gasteiger partial charge in [-0.25, -0.2) is 0 Å². The number of aromatic nitrogens is 1. The standard InChI is InChI=1S/C24H22F3N2O3/c1-29-11-9-18-19(21(29)14-30)6-4-7-20(18)28-15-23(31,24(25,26)27)13-16-10-12-32-22-8-3-2-5-17(16)22/h2-9,11,14-16,31H,10,12-13H2,1H3/q+1. The second kappa shape index (κ2) is 8.35. The molecule has 0 amide bonds. The number of aryl methyl sites for hydroxylation is 1. The SMILES string of the molecule is C[n+]1ccc2c(N=CC(O)(CC3CCOc4ccccc43)C(F)(F)F)cccc2c1C=O. The summed E-state index contributed by atoms with van der Waals surface area (Å²) < 4.78 is 49.2. The molecule has 1 aromatic heterocycles. The van der Waals surface area contributed by atoms with Crippen LogP contribution in [0.1, 0.15) is 34.8 Å². The second-order valence-corrected chi connectivity index (χ2v) is 7.92. The van der Waals surface area contributed by atoms with Gasteiger partial charge in [-0.15, -0.1) is 0 Å². The topological polar surface area (TPSA) is 62.8 Å². The van der Waals surface area contributed by atoms with Gasteiger partial charge in [0.05, 0.1) is 17.7 Å². The monoisotopic (exact) mass is 443 g/mol. The van der Waals surface area contributed by atoms with Gasteiger partial charge in [0.2, 0.25) is 6.29 Å². The first-order valence-corrected chi connectivity index (χ1v) is 10.2. The van der Waals surface area contributed by atoms with Gasteiger partial charge in [-0.05, 0) is 42.5 Å². The molecule has 0 radical (unpaired) electrons. The van der Waals surface area contributed by atoms with E-state index in [2.05, 4.69) is 4.99 Å². The number of rotatable bonds is 5. The molecule has 8 heteroatoms. The number of benzene rings is 2. The van der Waals surface area contributed by atoms with Gasteiger partial charge >= 0.3 is 6.18 Å². The first-order valence-electron chi connectivity index (χ1n) is 10.2. The van der Waals surface area contributed by atoms with Crippen LogP contribution >= 0.6 is 0 Å². The number of hydrogen-bond donors (Lipinski definition) is 1. The minimum absolute atomic E-state index is 0.237. The molecule has 0 fully saturated rings. The molecule has 2 atom stereocenters. The number of aliphatic imine (C=N–C) groups is 1. The van der Waals surface area contributed by atoms with Crippen LogP contribution in [0.15, 0.2) is 59.7 Å². The lowest BCUT2D eigenvalue weighted by Gasteiger charge is -2.33. The Hall–Kier alpha value is -3.26. The normalized spacial score (nSPS) is 18.2. The Labute approximate surface area is 182 Å². The van der Waals surface area contributed by atoms with Crippen LogP contribution in [-0.2, 0) is 7.05 Å². The molecule has 5 nitrogen and oxygen atoms in total. The fraction of sp³-hybridized carbons (Fsp3) is 0.292. The summed E-state index contributed by atoms with van der Waals surface area (Å²) >= 11 is 0. The Morgan fingerprint density at radius 3 is 2.69 bits per heavy atom. The van der Waals surface area contributed by atoms with Gasteiger partial charge < -0.3 is 9.84 Å². The molecule has 2 unspecified atom stereocenters. The first-order chi connectivity index (χ1) is 15.2. The molecule has 1 aliphatic heterocycles. The highest BCUT2D eigenvalue weighted by Gasteiger charge is 2.54. The molecule has 166 valence electrons. The van der Waals surface area contributed by atoms with Crippen LogP contribution in [-0.4, -0.2) is 36.0 Å². The number of carbonyl (C=O) groups is 1. The molecule has 0 spiro atoms. The fourth-order valence-electron chi connectivity index (χ4n) is 4.09. The molecule has 0 saturated heterocycles. The molecule has 4 rings (SSSR count). The predicted octanol–water partition coefficient (Wildman–Crippen LogP) is 4.43. The van der Waals surface area contributed by atoms with Gasteiger partial charge in [-0.3, -0.25) is 9.79 Å². The van der Waals surface area contributed by atoms with E-state index in [1.807, 2.05) is 0 Å². The third-order valence-corrected chi connectivity index (χ3v) is 5.86. The number of aliphatic hydroxyl groups is 1. The van der Waals surface area contributed by atoms with E-state index in [4.69, 9.17) is 4.74 Å². The molecule has 2 aromatic carbocycles. The van der Waals surface area contributed by atoms with E-state index in [1.54, 1.807) is 66.3 Å². The van der Waals surface area contributed by atoms with Gasteiger partial charge in [0.25, 0.3) is 5.69 Å². The minimum atomic E-state index is -4.92. The van der Waals surface area contributed by atoms with Crippen LogP contribution in [0.2, 0.25) is 0 Å². The van der Waals surface area contributed by atoms with Crippen molar-refractivity contribution in [3.8, 4) is 5.75 Å². The molecular weight excluding hydrogens is 421 g/mol. The molecule has 2 heterocycles. The number of pyridine rings is 1. The maximum absolute atomic E-state index is 14.0. The zero-order valence-corrected chi connectivity index (χ0v) is 17.3. The van der Waals surface area contributed by atoms with Crippen molar-refractivity contribution in [3.05, 3.63) is 66.0 Å². The number of carbonyl (C=O) groups excluding carboxylic acids is 1. The summed E-state index contributed by atoms with van der Waals surface area (Å²) in [4.78, 5) is 15.5. The smallest absolute Gasteiger partial charge is 0.422 e. The molecule has 0 saturated carbocycles. The highest BCUT2D eigenvalue weighted by Crippen LogP contribution is 2.43. The van der Waals surface area contributed by atoms with Crippen molar-refractivity contribution in [2.45, 2.75) is 30.5 Å². The van der Waals surface area contributed by atoms with Crippen molar-refractivity contribution < 1.29 is 32.4 Å². The maximum atomic E-state index is 14.0. The summed E-state index contributed by atoms with van der Waals surface area (Å²) in [5.41, 5.74) is -1.87. The fourth-order valence-corrected chi connectivity index (χ4v) is 4.09. The third kappa shape index (κ3) is 3.98. The summed E-state index contributed by atoms with van der Waals surface area (Å²) in [5.74, 6) is -0.000197. The number of halogens is 3. The van der Waals surface area contributed by atoms with E-state index in [9.17, 15) is 23.1 Å². The highest BCUT2D eigenvalue weighted by molar-refractivity contribution is 6.00. The Bertz CT molecular complexity index is 1190. The van der Waals surface area contributed by atoms with Crippen molar-refractivity contribution in [2.24, 2.45) is 12.0 Å². The summed E-state index contributed by atoms with van der Waals surface area (Å²) in [5, 5.41) is 11.8. The quantitative estimate of drug-likeness (QED) is 0.361. The lowest BCUT2D eigenvalue weighted by Crippen LogP contribution is -2.48. The molecule has 1 aliphatic rings. The third-order valence-electron chi connectivity index (χ3n) is 5.86. The van der Waals surface area contributed by atoms with Crippen molar-refractivity contribution in [3.63, 3.8) is 0 Å². The van der Waals surface area contributed by atoms with Gasteiger partial charge in [-0.2, -0.15) is 17.7 Å². The number of aldehydes is 1. The predicted molar refractivity (Wildman–Crippen MR) is 114 cm³/mol. The average Bonchev–Trinajstić information content (AvgIpc) is 2.77. The number of ether oxygens (including phenoxy) is 1. The summed E-state index contributed by atoms with van der Waals surface area (Å²) in [7, 11) is 1.70. The zero-order chi connectivity index (χ0) is 22.9. The van der Waals surface area contributed by atoms with Crippen molar-refractivity contribution in [1.29, 1.82) is 0 Å². The van der Waals surface area contributed by atoms with Crippen molar-refractivity contribution >= 4 is 29.0 Å². The van der Waals surface area contributed by atoms with Gasteiger partial charge in [0.1, 0.15) is 12.8 Å². The lowest BCUT2D eigenvalue weighted by atomic mass is 9.82. The van der Waals surface area contributed by atoms with Crippen LogP contribution in [0.5, 0.6) is 5.75 Å². The van der Waals surface area contributed by atoms with Crippen LogP contribution < -0.4 is 9.30 Å². The summed E-state index contributed by atoms with van der Waals surface area (Å²) in [6.45, 7) is 0.279. The number of alkyl halides is 3. The van der Waals surface area contributed by atoms with Crippen molar-refractivity contribution in [2.75, 3.05) is 6.61 Å². The van der Waals surface area contributed by atoms with Gasteiger partial charge in [-0.1, -0.05) is 24.3 Å². The highest BCUT2D eigenvalue weighted by atomic mass is 19.4. The number of para-hydroxylation sites is 1. The van der Waals surface area contributed by atoms with Crippen LogP contribution in [0.4, 0.5) is 18.9 Å². The van der Waals surface area contributed by atoms with E-state index in [-0.39, 0.29) is 12.3 Å². The second-order valence-electron chi connectivity index (χ2n) is 7.92. The van der Waals surface area contributed by atoms with E-state index in [0.29, 0.717) is 46.7 Å². The van der Waals surface area contributed by atoms with E-state index >= 15 is 0 Å². The lowest BCUT2D eigenvalue weighted by molar-refractivity contribution is -0.671. The Balaban J connectivity index is 1.72. The average molecular weight is 443 g/mol. The van der Waals surface area contributed by atoms with E-state index in [1.165, 1.54) is 0 Å². The largest absolute Gasteiger partial charge is 0.493 e. The zero-order valence-electron chi connectivity index (χ0n) is 17.3. The number of hydrogen-bond acceptors (Lipinski definition) is 4.